The van der Waals surface area contributed by atoms with Crippen LogP contribution in [-0.4, -0.2) is 11.1 Å². The zero-order chi connectivity index (χ0) is 11.0. The van der Waals surface area contributed by atoms with E-state index in [2.05, 4.69) is 6.58 Å². The van der Waals surface area contributed by atoms with Crippen molar-refractivity contribution in [2.45, 2.75) is 0 Å². The Morgan fingerprint density at radius 3 is 2.73 bits per heavy atom. The zero-order valence-electron chi connectivity index (χ0n) is 7.86. The van der Waals surface area contributed by atoms with Gasteiger partial charge in [-0.1, -0.05) is 18.7 Å². The number of nitrogens with two attached hydrogens (primary N) is 1. The molecule has 0 unspecified atom stereocenters. The SMILES string of the molecule is C=C(N)c1cccc2occ(C(=O)O)c12. The van der Waals surface area contributed by atoms with Crippen molar-refractivity contribution < 1.29 is 14.3 Å². The minimum absolute atomic E-state index is 0.104. The number of carbonyl (C=O) groups is 1. The van der Waals surface area contributed by atoms with Crippen molar-refractivity contribution in [3.05, 3.63) is 42.2 Å². The lowest BCUT2D eigenvalue weighted by molar-refractivity contribution is 0.0698. The Balaban J connectivity index is 2.86. The molecule has 0 radical (unpaired) electrons. The molecule has 76 valence electrons. The summed E-state index contributed by atoms with van der Waals surface area (Å²) in [6.07, 6.45) is 1.21. The van der Waals surface area contributed by atoms with Crippen LogP contribution in [0.25, 0.3) is 16.7 Å². The van der Waals surface area contributed by atoms with E-state index in [-0.39, 0.29) is 5.56 Å². The van der Waals surface area contributed by atoms with E-state index in [1.807, 2.05) is 0 Å². The normalized spacial score (nSPS) is 10.4. The highest BCUT2D eigenvalue weighted by atomic mass is 16.4. The third-order valence-electron chi connectivity index (χ3n) is 2.18. The minimum atomic E-state index is -1.04. The summed E-state index contributed by atoms with van der Waals surface area (Å²) in [4.78, 5) is 10.9. The Kier molecular flexibility index (Phi) is 1.97. The molecule has 0 aliphatic rings. The predicted molar refractivity (Wildman–Crippen MR) is 56.4 cm³/mol. The Bertz CT molecular complexity index is 554. The number of aromatic carboxylic acids is 1. The predicted octanol–water partition coefficient (Wildman–Crippen LogP) is 2.06. The van der Waals surface area contributed by atoms with Crippen molar-refractivity contribution in [2.24, 2.45) is 5.73 Å². The molecule has 4 nitrogen and oxygen atoms in total. The summed E-state index contributed by atoms with van der Waals surface area (Å²) in [7, 11) is 0. The molecule has 0 saturated carbocycles. The molecule has 0 saturated heterocycles. The number of carboxylic acids is 1. The zero-order valence-corrected chi connectivity index (χ0v) is 7.86. The van der Waals surface area contributed by atoms with Crippen LogP contribution in [0.1, 0.15) is 15.9 Å². The van der Waals surface area contributed by atoms with Gasteiger partial charge in [-0.15, -0.1) is 0 Å². The van der Waals surface area contributed by atoms with Gasteiger partial charge >= 0.3 is 5.97 Å². The molecule has 1 aromatic heterocycles. The largest absolute Gasteiger partial charge is 0.478 e. The van der Waals surface area contributed by atoms with E-state index in [1.165, 1.54) is 6.26 Å². The summed E-state index contributed by atoms with van der Waals surface area (Å²) in [5.74, 6) is -1.04. The Hall–Kier alpha value is -2.23. The number of carboxylic acid groups (broad SMARTS) is 1. The van der Waals surface area contributed by atoms with E-state index >= 15 is 0 Å². The fourth-order valence-electron chi connectivity index (χ4n) is 1.51. The Morgan fingerprint density at radius 2 is 2.13 bits per heavy atom. The van der Waals surface area contributed by atoms with E-state index in [9.17, 15) is 4.79 Å². The first-order chi connectivity index (χ1) is 7.11. The van der Waals surface area contributed by atoms with E-state index < -0.39 is 5.97 Å². The maximum atomic E-state index is 10.9. The second kappa shape index (κ2) is 3.16. The first-order valence-corrected chi connectivity index (χ1v) is 4.29. The van der Waals surface area contributed by atoms with E-state index in [4.69, 9.17) is 15.3 Å². The molecular weight excluding hydrogens is 194 g/mol. The van der Waals surface area contributed by atoms with Crippen molar-refractivity contribution in [1.29, 1.82) is 0 Å². The summed E-state index contributed by atoms with van der Waals surface area (Å²) in [6.45, 7) is 3.60. The van der Waals surface area contributed by atoms with Crippen molar-refractivity contribution >= 4 is 22.6 Å². The monoisotopic (exact) mass is 203 g/mol. The number of hydrogen-bond donors (Lipinski definition) is 2. The van der Waals surface area contributed by atoms with E-state index in [0.29, 0.717) is 22.2 Å². The van der Waals surface area contributed by atoms with Gasteiger partial charge in [0.2, 0.25) is 0 Å². The lowest BCUT2D eigenvalue weighted by atomic mass is 10.0. The molecule has 0 bridgehead atoms. The molecule has 0 amide bonds. The molecule has 15 heavy (non-hydrogen) atoms. The van der Waals surface area contributed by atoms with Gasteiger partial charge in [-0.25, -0.2) is 4.79 Å². The quantitative estimate of drug-likeness (QED) is 0.783. The summed E-state index contributed by atoms with van der Waals surface area (Å²) >= 11 is 0. The lowest BCUT2D eigenvalue weighted by Gasteiger charge is -2.01. The molecule has 0 spiro atoms. The van der Waals surface area contributed by atoms with E-state index in [0.717, 1.165) is 0 Å². The molecule has 1 heterocycles. The fraction of sp³-hybridized carbons (Fsp3) is 0. The highest BCUT2D eigenvalue weighted by Crippen LogP contribution is 2.27. The van der Waals surface area contributed by atoms with Gasteiger partial charge in [-0.05, 0) is 6.07 Å². The van der Waals surface area contributed by atoms with Crippen LogP contribution in [0.4, 0.5) is 0 Å². The van der Waals surface area contributed by atoms with Crippen molar-refractivity contribution in [2.75, 3.05) is 0 Å². The lowest BCUT2D eigenvalue weighted by Crippen LogP contribution is -1.99. The smallest absolute Gasteiger partial charge is 0.339 e. The molecule has 2 rings (SSSR count). The minimum Gasteiger partial charge on any atom is -0.478 e. The van der Waals surface area contributed by atoms with Crippen molar-refractivity contribution in [3.8, 4) is 0 Å². The molecule has 0 atom stereocenters. The molecule has 2 aromatic rings. The van der Waals surface area contributed by atoms with Crippen LogP contribution in [0.3, 0.4) is 0 Å². The first-order valence-electron chi connectivity index (χ1n) is 4.29. The average molecular weight is 203 g/mol. The van der Waals surface area contributed by atoms with Crippen LogP contribution in [-0.2, 0) is 0 Å². The van der Waals surface area contributed by atoms with Gasteiger partial charge in [0.25, 0.3) is 0 Å². The van der Waals surface area contributed by atoms with Crippen LogP contribution in [0, 0.1) is 0 Å². The number of furan rings is 1. The fourth-order valence-corrected chi connectivity index (χ4v) is 1.51. The number of benzene rings is 1. The van der Waals surface area contributed by atoms with Gasteiger partial charge in [0.1, 0.15) is 17.4 Å². The van der Waals surface area contributed by atoms with Crippen LogP contribution < -0.4 is 5.73 Å². The maximum Gasteiger partial charge on any atom is 0.339 e. The highest BCUT2D eigenvalue weighted by Gasteiger charge is 2.15. The number of fused-ring (bicyclic) bond motifs is 1. The Labute approximate surface area is 85.6 Å². The van der Waals surface area contributed by atoms with Gasteiger partial charge in [0.15, 0.2) is 0 Å². The molecule has 0 aliphatic carbocycles. The van der Waals surface area contributed by atoms with Gasteiger partial charge in [-0.2, -0.15) is 0 Å². The summed E-state index contributed by atoms with van der Waals surface area (Å²) in [5.41, 5.74) is 7.10. The molecule has 4 heteroatoms. The molecule has 3 N–H and O–H groups in total. The average Bonchev–Trinajstić information content (AvgIpc) is 2.60. The van der Waals surface area contributed by atoms with Crippen LogP contribution in [0.2, 0.25) is 0 Å². The van der Waals surface area contributed by atoms with Gasteiger partial charge in [-0.3, -0.25) is 0 Å². The number of hydrogen-bond acceptors (Lipinski definition) is 3. The maximum absolute atomic E-state index is 10.9. The standard InChI is InChI=1S/C11H9NO3/c1-6(12)7-3-2-4-9-10(7)8(5-15-9)11(13)14/h2-5H,1,12H2,(H,13,14). The van der Waals surface area contributed by atoms with Crippen molar-refractivity contribution in [1.82, 2.24) is 0 Å². The summed E-state index contributed by atoms with van der Waals surface area (Å²) < 4.78 is 5.12. The van der Waals surface area contributed by atoms with Crippen LogP contribution in [0.15, 0.2) is 35.5 Å². The van der Waals surface area contributed by atoms with Crippen molar-refractivity contribution in [3.63, 3.8) is 0 Å². The molecule has 0 fully saturated rings. The van der Waals surface area contributed by atoms with Gasteiger partial charge < -0.3 is 15.3 Å². The van der Waals surface area contributed by atoms with Gasteiger partial charge in [0, 0.05) is 16.6 Å². The second-order valence-electron chi connectivity index (χ2n) is 3.16. The summed E-state index contributed by atoms with van der Waals surface area (Å²) in [5, 5.41) is 9.45. The summed E-state index contributed by atoms with van der Waals surface area (Å²) in [6, 6.07) is 5.14. The van der Waals surface area contributed by atoms with E-state index in [1.54, 1.807) is 18.2 Å². The van der Waals surface area contributed by atoms with Crippen LogP contribution in [0.5, 0.6) is 0 Å². The first kappa shape index (κ1) is 9.33. The topological polar surface area (TPSA) is 76.5 Å². The molecule has 1 aromatic carbocycles. The third-order valence-corrected chi connectivity index (χ3v) is 2.18. The van der Waals surface area contributed by atoms with Gasteiger partial charge in [0.05, 0.1) is 0 Å². The Morgan fingerprint density at radius 1 is 1.40 bits per heavy atom. The number of rotatable bonds is 2. The third kappa shape index (κ3) is 1.36. The second-order valence-corrected chi connectivity index (χ2v) is 3.16. The van der Waals surface area contributed by atoms with Crippen LogP contribution >= 0.6 is 0 Å². The molecular formula is C11H9NO3. The highest BCUT2D eigenvalue weighted by molar-refractivity contribution is 6.06. The molecule has 0 aliphatic heterocycles.